The number of hydrogen-bond acceptors (Lipinski definition) is 7. The van der Waals surface area contributed by atoms with E-state index in [0.29, 0.717) is 11.3 Å². The zero-order chi connectivity index (χ0) is 20.2. The van der Waals surface area contributed by atoms with Crippen molar-refractivity contribution in [2.45, 2.75) is 26.4 Å². The van der Waals surface area contributed by atoms with Crippen LogP contribution in [0.3, 0.4) is 0 Å². The Kier molecular flexibility index (Phi) is 6.48. The molecule has 0 spiro atoms. The second-order valence-corrected chi connectivity index (χ2v) is 8.72. The molecule has 9 nitrogen and oxygen atoms in total. The van der Waals surface area contributed by atoms with Crippen molar-refractivity contribution < 1.29 is 13.2 Å². The van der Waals surface area contributed by atoms with Crippen LogP contribution in [0.5, 0.6) is 0 Å². The van der Waals surface area contributed by atoms with Gasteiger partial charge in [-0.3, -0.25) is 18.7 Å². The summed E-state index contributed by atoms with van der Waals surface area (Å²) in [5.74, 6) is -0.431. The van der Waals surface area contributed by atoms with Crippen molar-refractivity contribution in [2.75, 3.05) is 12.8 Å². The topological polar surface area (TPSA) is 131 Å². The van der Waals surface area contributed by atoms with Crippen LogP contribution in [0.15, 0.2) is 27.9 Å². The zero-order valence-corrected chi connectivity index (χ0v) is 16.4. The number of sulfonamides is 1. The fourth-order valence-corrected chi connectivity index (χ4v) is 3.75. The molecule has 0 aliphatic heterocycles. The minimum Gasteiger partial charge on any atom is -0.299 e. The number of nitriles is 1. The summed E-state index contributed by atoms with van der Waals surface area (Å²) in [5, 5.41) is 9.04. The fraction of sp³-hybridized carbons (Fsp3) is 0.375. The summed E-state index contributed by atoms with van der Waals surface area (Å²) in [5.41, 5.74) is -1.65. The van der Waals surface area contributed by atoms with E-state index in [1.165, 1.54) is 22.1 Å². The highest BCUT2D eigenvalue weighted by atomic mass is 32.2. The molecule has 0 bridgehead atoms. The first-order valence-electron chi connectivity index (χ1n) is 7.97. The second kappa shape index (κ2) is 8.43. The Morgan fingerprint density at radius 2 is 2.04 bits per heavy atom. The van der Waals surface area contributed by atoms with Crippen LogP contribution < -0.4 is 16.0 Å². The molecule has 2 aromatic heterocycles. The van der Waals surface area contributed by atoms with Crippen LogP contribution in [0.4, 0.5) is 0 Å². The van der Waals surface area contributed by atoms with E-state index in [4.69, 9.17) is 5.26 Å². The van der Waals surface area contributed by atoms with Gasteiger partial charge in [0.05, 0.1) is 17.7 Å². The van der Waals surface area contributed by atoms with Crippen molar-refractivity contribution in [3.05, 3.63) is 54.5 Å². The van der Waals surface area contributed by atoms with Gasteiger partial charge in [-0.05, 0) is 25.5 Å². The van der Waals surface area contributed by atoms with Gasteiger partial charge in [-0.2, -0.15) is 5.26 Å². The number of Topliss-reactive ketones (excluding diaryl/α,β-unsaturated/α-hetero) is 1. The van der Waals surface area contributed by atoms with E-state index in [-0.39, 0.29) is 18.7 Å². The monoisotopic (exact) mass is 410 g/mol. The summed E-state index contributed by atoms with van der Waals surface area (Å²) in [6.45, 7) is 1.69. The maximum absolute atomic E-state index is 12.5. The van der Waals surface area contributed by atoms with Crippen LogP contribution in [0.25, 0.3) is 0 Å². The highest BCUT2D eigenvalue weighted by Crippen LogP contribution is 2.17. The third-order valence-electron chi connectivity index (χ3n) is 3.67. The molecule has 1 N–H and O–H groups in total. The number of nitrogens with one attached hydrogen (secondary N) is 1. The second-order valence-electron chi connectivity index (χ2n) is 5.72. The van der Waals surface area contributed by atoms with Crippen molar-refractivity contribution >= 4 is 27.1 Å². The maximum Gasteiger partial charge on any atom is 0.331 e. The number of aromatic nitrogens is 2. The number of carbonyl (C=O) groups is 1. The zero-order valence-electron chi connectivity index (χ0n) is 14.8. The molecule has 0 saturated heterocycles. The third kappa shape index (κ3) is 5.22. The summed E-state index contributed by atoms with van der Waals surface area (Å²) in [7, 11) is -3.28. The molecular weight excluding hydrogens is 392 g/mol. The number of thiophene rings is 1. The lowest BCUT2D eigenvalue weighted by Gasteiger charge is -2.08. The maximum atomic E-state index is 12.5. The first-order chi connectivity index (χ1) is 12.7. The van der Waals surface area contributed by atoms with Gasteiger partial charge in [0.2, 0.25) is 10.0 Å². The molecule has 11 heteroatoms. The first-order valence-corrected chi connectivity index (χ1v) is 10.7. The van der Waals surface area contributed by atoms with E-state index in [1.54, 1.807) is 25.1 Å². The van der Waals surface area contributed by atoms with E-state index in [1.807, 2.05) is 0 Å². The molecular formula is C16H18N4O5S2. The molecule has 0 atom stereocenters. The van der Waals surface area contributed by atoms with Gasteiger partial charge in [-0.15, -0.1) is 11.3 Å². The molecule has 0 fully saturated rings. The molecule has 27 heavy (non-hydrogen) atoms. The first kappa shape index (κ1) is 20.8. The van der Waals surface area contributed by atoms with Gasteiger partial charge in [-0.1, -0.05) is 0 Å². The molecule has 2 aromatic rings. The molecule has 0 aromatic carbocycles. The van der Waals surface area contributed by atoms with Crippen LogP contribution in [0, 0.1) is 11.3 Å². The van der Waals surface area contributed by atoms with Gasteiger partial charge in [0, 0.05) is 24.2 Å². The number of aryl methyl sites for hydroxylation is 1. The van der Waals surface area contributed by atoms with Crippen LogP contribution in [-0.2, 0) is 29.5 Å². The molecule has 0 radical (unpaired) electrons. The van der Waals surface area contributed by atoms with Crippen LogP contribution in [0.2, 0.25) is 0 Å². The number of rotatable bonds is 8. The van der Waals surface area contributed by atoms with Crippen molar-refractivity contribution in [1.82, 2.24) is 13.9 Å². The van der Waals surface area contributed by atoms with Crippen molar-refractivity contribution in [3.63, 3.8) is 0 Å². The van der Waals surface area contributed by atoms with Crippen molar-refractivity contribution in [2.24, 2.45) is 0 Å². The predicted molar refractivity (Wildman–Crippen MR) is 101 cm³/mol. The highest BCUT2D eigenvalue weighted by Gasteiger charge is 2.16. The summed E-state index contributed by atoms with van der Waals surface area (Å²) in [4.78, 5) is 38.1. The summed E-state index contributed by atoms with van der Waals surface area (Å²) < 4.78 is 26.4. The molecule has 0 aliphatic rings. The predicted octanol–water partition coefficient (Wildman–Crippen LogP) is -0.0623. The van der Waals surface area contributed by atoms with Crippen molar-refractivity contribution in [3.8, 4) is 6.07 Å². The summed E-state index contributed by atoms with van der Waals surface area (Å²) >= 11 is 1.17. The van der Waals surface area contributed by atoms with Crippen LogP contribution >= 0.6 is 11.3 Å². The number of ketones is 1. The van der Waals surface area contributed by atoms with E-state index in [2.05, 4.69) is 4.72 Å². The smallest absolute Gasteiger partial charge is 0.299 e. The minimum absolute atomic E-state index is 0.206. The molecule has 0 amide bonds. The Bertz CT molecular complexity index is 1120. The normalized spacial score (nSPS) is 11.3. The molecule has 0 unspecified atom stereocenters. The van der Waals surface area contributed by atoms with Gasteiger partial charge in [0.1, 0.15) is 11.6 Å². The van der Waals surface area contributed by atoms with Gasteiger partial charge in [0.25, 0.3) is 5.56 Å². The summed E-state index contributed by atoms with van der Waals surface area (Å²) in [6.07, 6.45) is 2.66. The molecule has 2 heterocycles. The molecule has 2 rings (SSSR count). The lowest BCUT2D eigenvalue weighted by Crippen LogP contribution is -2.42. The Morgan fingerprint density at radius 1 is 1.33 bits per heavy atom. The summed E-state index contributed by atoms with van der Waals surface area (Å²) in [6, 6.07) is 5.00. The van der Waals surface area contributed by atoms with E-state index >= 15 is 0 Å². The van der Waals surface area contributed by atoms with Crippen molar-refractivity contribution in [1.29, 1.82) is 5.26 Å². The van der Waals surface area contributed by atoms with E-state index < -0.39 is 33.6 Å². The minimum atomic E-state index is -3.28. The average molecular weight is 410 g/mol. The number of nitrogens with zero attached hydrogens (tertiary/aromatic N) is 3. The lowest BCUT2D eigenvalue weighted by atomic mass is 10.3. The number of hydrogen-bond donors (Lipinski definition) is 1. The Labute approximate surface area is 159 Å². The molecule has 0 saturated carbocycles. The van der Waals surface area contributed by atoms with Crippen LogP contribution in [-0.4, -0.2) is 36.1 Å². The molecule has 144 valence electrons. The van der Waals surface area contributed by atoms with Gasteiger partial charge >= 0.3 is 5.69 Å². The number of carbonyl (C=O) groups excluding carboxylic acids is 1. The quantitative estimate of drug-likeness (QED) is 0.607. The van der Waals surface area contributed by atoms with Crippen LogP contribution in [0.1, 0.15) is 27.0 Å². The Hall–Kier alpha value is -2.55. The lowest BCUT2D eigenvalue weighted by molar-refractivity contribution is 0.0972. The Morgan fingerprint density at radius 3 is 2.63 bits per heavy atom. The van der Waals surface area contributed by atoms with E-state index in [0.717, 1.165) is 15.7 Å². The standard InChI is InChI=1S/C16H18N4O5S2/c1-3-19-9-11(8-17)15(22)20(16(19)23)10-13(21)14-5-4-12(26-14)6-7-18-27(2,24)25/h4-5,9,18H,3,6-7,10H2,1-2H3. The largest absolute Gasteiger partial charge is 0.331 e. The van der Waals surface area contributed by atoms with E-state index in [9.17, 15) is 22.8 Å². The molecule has 0 aliphatic carbocycles. The fourth-order valence-electron chi connectivity index (χ4n) is 2.34. The van der Waals surface area contributed by atoms with Gasteiger partial charge < -0.3 is 0 Å². The average Bonchev–Trinajstić information content (AvgIpc) is 3.06. The third-order valence-corrected chi connectivity index (χ3v) is 5.59. The van der Waals surface area contributed by atoms with Gasteiger partial charge in [0.15, 0.2) is 5.78 Å². The Balaban J connectivity index is 2.20. The SMILES string of the molecule is CCn1cc(C#N)c(=O)n(CC(=O)c2ccc(CCNS(C)(=O)=O)s2)c1=O. The van der Waals surface area contributed by atoms with Gasteiger partial charge in [-0.25, -0.2) is 17.9 Å². The highest BCUT2D eigenvalue weighted by molar-refractivity contribution is 7.88.